The molecule has 1 atom stereocenters. The van der Waals surface area contributed by atoms with Gasteiger partial charge < -0.3 is 15.2 Å². The molecule has 0 fully saturated rings. The van der Waals surface area contributed by atoms with Crippen LogP contribution in [0.2, 0.25) is 0 Å². The van der Waals surface area contributed by atoms with Crippen LogP contribution >= 0.6 is 11.3 Å². The molecule has 3 N–H and O–H groups in total. The van der Waals surface area contributed by atoms with E-state index < -0.39 is 0 Å². The molecule has 0 radical (unpaired) electrons. The molecular formula is C22H23N3O3S. The lowest BCUT2D eigenvalue weighted by molar-refractivity contribution is 0.0894. The van der Waals surface area contributed by atoms with Gasteiger partial charge in [-0.1, -0.05) is 32.0 Å². The minimum atomic E-state index is -0.325. The summed E-state index contributed by atoms with van der Waals surface area (Å²) in [7, 11) is 1.53. The summed E-state index contributed by atoms with van der Waals surface area (Å²) < 4.78 is 6.63. The second kappa shape index (κ2) is 7.85. The van der Waals surface area contributed by atoms with Gasteiger partial charge in [-0.3, -0.25) is 9.89 Å². The average molecular weight is 410 g/mol. The quantitative estimate of drug-likeness (QED) is 0.445. The zero-order valence-corrected chi connectivity index (χ0v) is 17.3. The van der Waals surface area contributed by atoms with E-state index >= 15 is 0 Å². The van der Waals surface area contributed by atoms with Gasteiger partial charge in [0.1, 0.15) is 11.4 Å². The van der Waals surface area contributed by atoms with Gasteiger partial charge in [0.2, 0.25) is 0 Å². The minimum absolute atomic E-state index is 0.113. The van der Waals surface area contributed by atoms with Crippen LogP contribution in [-0.4, -0.2) is 41.0 Å². The molecule has 4 rings (SSSR count). The van der Waals surface area contributed by atoms with Crippen molar-refractivity contribution in [1.82, 2.24) is 15.5 Å². The smallest absolute Gasteiger partial charge is 0.255 e. The molecule has 1 amide bonds. The molecular weight excluding hydrogens is 386 g/mol. The van der Waals surface area contributed by atoms with E-state index in [9.17, 15) is 9.90 Å². The van der Waals surface area contributed by atoms with E-state index in [0.29, 0.717) is 11.3 Å². The van der Waals surface area contributed by atoms with E-state index in [1.165, 1.54) is 11.8 Å². The van der Waals surface area contributed by atoms with Crippen LogP contribution in [0.4, 0.5) is 0 Å². The highest BCUT2D eigenvalue weighted by Gasteiger charge is 2.21. The minimum Gasteiger partial charge on any atom is -0.496 e. The number of aliphatic hydroxyl groups is 1. The van der Waals surface area contributed by atoms with Gasteiger partial charge >= 0.3 is 0 Å². The summed E-state index contributed by atoms with van der Waals surface area (Å²) >= 11 is 1.66. The molecule has 0 spiro atoms. The molecule has 0 saturated heterocycles. The van der Waals surface area contributed by atoms with Crippen molar-refractivity contribution in [3.63, 3.8) is 0 Å². The summed E-state index contributed by atoms with van der Waals surface area (Å²) in [6, 6.07) is 13.6. The Morgan fingerprint density at radius 2 is 2.07 bits per heavy atom. The molecule has 150 valence electrons. The fourth-order valence-corrected chi connectivity index (χ4v) is 4.41. The predicted octanol–water partition coefficient (Wildman–Crippen LogP) is 4.20. The van der Waals surface area contributed by atoms with Crippen molar-refractivity contribution >= 4 is 38.2 Å². The highest BCUT2D eigenvalue weighted by Crippen LogP contribution is 2.37. The SMILES string of the molecule is COc1cc2[nH]nc(-c3cc4ccccc4s3)c2cc1C(=O)NC(CO)C(C)C. The zero-order valence-electron chi connectivity index (χ0n) is 16.5. The Balaban J connectivity index is 1.79. The molecule has 29 heavy (non-hydrogen) atoms. The van der Waals surface area contributed by atoms with Gasteiger partial charge in [0.25, 0.3) is 5.91 Å². The van der Waals surface area contributed by atoms with Crippen molar-refractivity contribution in [3.8, 4) is 16.3 Å². The number of fused-ring (bicyclic) bond motifs is 2. The second-order valence-electron chi connectivity index (χ2n) is 7.33. The van der Waals surface area contributed by atoms with E-state index in [1.54, 1.807) is 17.4 Å². The summed E-state index contributed by atoms with van der Waals surface area (Å²) in [5.41, 5.74) is 2.02. The highest BCUT2D eigenvalue weighted by atomic mass is 32.1. The number of hydrogen-bond donors (Lipinski definition) is 3. The highest BCUT2D eigenvalue weighted by molar-refractivity contribution is 7.22. The topological polar surface area (TPSA) is 87.2 Å². The molecule has 4 aromatic rings. The maximum atomic E-state index is 12.9. The largest absolute Gasteiger partial charge is 0.496 e. The number of aliphatic hydroxyl groups excluding tert-OH is 1. The van der Waals surface area contributed by atoms with Crippen LogP contribution in [0.3, 0.4) is 0 Å². The molecule has 2 aromatic heterocycles. The van der Waals surface area contributed by atoms with Crippen molar-refractivity contribution in [2.75, 3.05) is 13.7 Å². The standard InChI is InChI=1S/C22H23N3O3S/c1-12(2)17(11-26)23-22(27)15-9-14-16(10-18(15)28-3)24-25-21(14)20-8-13-6-4-5-7-19(13)29-20/h4-10,12,17,26H,11H2,1-3H3,(H,23,27)(H,24,25). The third kappa shape index (κ3) is 3.59. The van der Waals surface area contributed by atoms with Gasteiger partial charge in [0.05, 0.1) is 35.7 Å². The number of carbonyl (C=O) groups excluding carboxylic acids is 1. The number of hydrogen-bond acceptors (Lipinski definition) is 5. The van der Waals surface area contributed by atoms with E-state index in [2.05, 4.69) is 33.7 Å². The van der Waals surface area contributed by atoms with Gasteiger partial charge in [0, 0.05) is 16.2 Å². The van der Waals surface area contributed by atoms with Crippen LogP contribution in [0.25, 0.3) is 31.6 Å². The first-order chi connectivity index (χ1) is 14.0. The number of carbonyl (C=O) groups is 1. The maximum absolute atomic E-state index is 12.9. The number of aromatic nitrogens is 2. The number of nitrogens with one attached hydrogen (secondary N) is 2. The van der Waals surface area contributed by atoms with E-state index in [0.717, 1.165) is 26.9 Å². The number of amides is 1. The van der Waals surface area contributed by atoms with Gasteiger partial charge in [-0.15, -0.1) is 11.3 Å². The van der Waals surface area contributed by atoms with Crippen LogP contribution in [0.1, 0.15) is 24.2 Å². The number of nitrogens with zero attached hydrogens (tertiary/aromatic N) is 1. The molecule has 6 nitrogen and oxygen atoms in total. The van der Waals surface area contributed by atoms with Gasteiger partial charge in [-0.25, -0.2) is 0 Å². The lowest BCUT2D eigenvalue weighted by Gasteiger charge is -2.20. The number of rotatable bonds is 6. The van der Waals surface area contributed by atoms with Crippen molar-refractivity contribution in [2.24, 2.45) is 5.92 Å². The molecule has 0 aliphatic rings. The summed E-state index contributed by atoms with van der Waals surface area (Å²) in [5.74, 6) is 0.295. The molecule has 2 aromatic carbocycles. The monoisotopic (exact) mass is 409 g/mol. The molecule has 2 heterocycles. The molecule has 1 unspecified atom stereocenters. The summed E-state index contributed by atoms with van der Waals surface area (Å²) in [6.45, 7) is 3.79. The number of H-pyrrole nitrogens is 1. The van der Waals surface area contributed by atoms with E-state index in [1.807, 2.05) is 32.0 Å². The lowest BCUT2D eigenvalue weighted by Crippen LogP contribution is -2.41. The maximum Gasteiger partial charge on any atom is 0.255 e. The lowest BCUT2D eigenvalue weighted by atomic mass is 10.0. The van der Waals surface area contributed by atoms with Gasteiger partial charge in [0.15, 0.2) is 0 Å². The molecule has 0 aliphatic heterocycles. The third-order valence-electron chi connectivity index (χ3n) is 5.10. The molecule has 7 heteroatoms. The first kappa shape index (κ1) is 19.4. The summed E-state index contributed by atoms with van der Waals surface area (Å²) in [6.07, 6.45) is 0. The zero-order chi connectivity index (χ0) is 20.5. The normalized spacial score (nSPS) is 12.6. The predicted molar refractivity (Wildman–Crippen MR) is 117 cm³/mol. The van der Waals surface area contributed by atoms with Crippen LogP contribution < -0.4 is 10.1 Å². The Morgan fingerprint density at radius 1 is 1.28 bits per heavy atom. The Hall–Kier alpha value is -2.90. The average Bonchev–Trinajstić information content (AvgIpc) is 3.33. The van der Waals surface area contributed by atoms with Crippen molar-refractivity contribution in [2.45, 2.75) is 19.9 Å². The summed E-state index contributed by atoms with van der Waals surface area (Å²) in [5, 5.41) is 22.0. The van der Waals surface area contributed by atoms with Crippen LogP contribution in [-0.2, 0) is 0 Å². The fourth-order valence-electron chi connectivity index (χ4n) is 3.35. The molecule has 0 aliphatic carbocycles. The van der Waals surface area contributed by atoms with E-state index in [4.69, 9.17) is 4.74 Å². The molecule has 0 bridgehead atoms. The third-order valence-corrected chi connectivity index (χ3v) is 6.23. The number of aromatic amines is 1. The Bertz CT molecular complexity index is 1150. The van der Waals surface area contributed by atoms with Crippen LogP contribution in [0, 0.1) is 5.92 Å². The van der Waals surface area contributed by atoms with Crippen molar-refractivity contribution < 1.29 is 14.6 Å². The van der Waals surface area contributed by atoms with Gasteiger partial charge in [-0.2, -0.15) is 5.10 Å². The van der Waals surface area contributed by atoms with Gasteiger partial charge in [-0.05, 0) is 29.5 Å². The summed E-state index contributed by atoms with van der Waals surface area (Å²) in [4.78, 5) is 14.0. The second-order valence-corrected chi connectivity index (χ2v) is 8.41. The Labute approximate surface area is 172 Å². The van der Waals surface area contributed by atoms with Crippen molar-refractivity contribution in [3.05, 3.63) is 48.0 Å². The number of methoxy groups -OCH3 is 1. The van der Waals surface area contributed by atoms with Crippen LogP contribution in [0.5, 0.6) is 5.75 Å². The first-order valence-corrected chi connectivity index (χ1v) is 10.3. The Morgan fingerprint density at radius 3 is 2.76 bits per heavy atom. The first-order valence-electron chi connectivity index (χ1n) is 9.48. The van der Waals surface area contributed by atoms with E-state index in [-0.39, 0.29) is 24.5 Å². The number of ether oxygens (including phenoxy) is 1. The van der Waals surface area contributed by atoms with Crippen LogP contribution in [0.15, 0.2) is 42.5 Å². The number of benzene rings is 2. The molecule has 0 saturated carbocycles. The van der Waals surface area contributed by atoms with Crippen molar-refractivity contribution in [1.29, 1.82) is 0 Å². The Kier molecular flexibility index (Phi) is 5.25. The fraction of sp³-hybridized carbons (Fsp3) is 0.273. The number of thiophene rings is 1.